The number of aliphatic hydroxyl groups excluding tert-OH is 1. The molecule has 0 saturated carbocycles. The number of aromatic nitrogens is 2. The van der Waals surface area contributed by atoms with Gasteiger partial charge in [0.25, 0.3) is 5.91 Å². The number of rotatable bonds is 12. The van der Waals surface area contributed by atoms with E-state index >= 15 is 0 Å². The van der Waals surface area contributed by atoms with E-state index in [1.165, 1.54) is 19.2 Å². The molecule has 2 aliphatic heterocycles. The number of nitrogens with one attached hydrogen (secondary N) is 1. The van der Waals surface area contributed by atoms with E-state index in [9.17, 15) is 23.1 Å². The van der Waals surface area contributed by atoms with E-state index in [1.54, 1.807) is 27.9 Å². The van der Waals surface area contributed by atoms with Gasteiger partial charge in [-0.3, -0.25) is 9.36 Å². The number of benzene rings is 3. The van der Waals surface area contributed by atoms with Gasteiger partial charge in [0.1, 0.15) is 11.3 Å². The Morgan fingerprint density at radius 1 is 1.02 bits per heavy atom. The minimum absolute atomic E-state index is 0.0505. The molecule has 2 N–H and O–H groups in total. The van der Waals surface area contributed by atoms with E-state index in [4.69, 9.17) is 18.6 Å². The maximum Gasteiger partial charge on any atom is 0.326 e. The third-order valence-corrected chi connectivity index (χ3v) is 11.5. The minimum atomic E-state index is -3.95. The molecule has 0 aliphatic carbocycles. The van der Waals surface area contributed by atoms with Crippen molar-refractivity contribution < 1.29 is 36.9 Å². The van der Waals surface area contributed by atoms with Gasteiger partial charge in [0.05, 0.1) is 42.5 Å². The molecule has 0 unspecified atom stereocenters. The maximum absolute atomic E-state index is 14.0. The number of methoxy groups -OCH3 is 1. The van der Waals surface area contributed by atoms with Crippen molar-refractivity contribution >= 4 is 37.9 Å². The minimum Gasteiger partial charge on any atom is -0.497 e. The van der Waals surface area contributed by atoms with Crippen LogP contribution in [0, 0.1) is 0 Å². The topological polar surface area (TPSA) is 157 Å². The molecular formula is C37H40N4O9S. The van der Waals surface area contributed by atoms with Gasteiger partial charge in [-0.25, -0.2) is 13.2 Å². The van der Waals surface area contributed by atoms with Gasteiger partial charge in [-0.05, 0) is 61.4 Å². The highest BCUT2D eigenvalue weighted by Crippen LogP contribution is 2.37. The first-order valence-electron chi connectivity index (χ1n) is 17.0. The van der Waals surface area contributed by atoms with Crippen molar-refractivity contribution in [3.8, 4) is 5.75 Å². The highest BCUT2D eigenvalue weighted by Gasteiger charge is 2.35. The Morgan fingerprint density at radius 3 is 2.53 bits per heavy atom. The van der Waals surface area contributed by atoms with E-state index in [0.29, 0.717) is 38.1 Å². The zero-order chi connectivity index (χ0) is 35.5. The predicted molar refractivity (Wildman–Crippen MR) is 189 cm³/mol. The Kier molecular flexibility index (Phi) is 10.0. The van der Waals surface area contributed by atoms with Crippen molar-refractivity contribution in [1.29, 1.82) is 0 Å². The highest BCUT2D eigenvalue weighted by atomic mass is 32.2. The molecule has 2 aliphatic rings. The van der Waals surface area contributed by atoms with Crippen LogP contribution in [0.15, 0.2) is 105 Å². The molecule has 1 saturated heterocycles. The molecule has 2 aromatic heterocycles. The van der Waals surface area contributed by atoms with E-state index in [1.807, 2.05) is 54.6 Å². The lowest BCUT2D eigenvalue weighted by Gasteiger charge is -2.35. The van der Waals surface area contributed by atoms with E-state index in [2.05, 4.69) is 4.98 Å². The zero-order valence-corrected chi connectivity index (χ0v) is 29.0. The fourth-order valence-corrected chi connectivity index (χ4v) is 8.39. The number of fused-ring (bicyclic) bond motifs is 2. The molecule has 14 heteroatoms. The monoisotopic (exact) mass is 716 g/mol. The second-order valence-corrected chi connectivity index (χ2v) is 14.6. The summed E-state index contributed by atoms with van der Waals surface area (Å²) in [4.78, 5) is 31.5. The molecule has 2 atom stereocenters. The smallest absolute Gasteiger partial charge is 0.326 e. The third-order valence-electron chi connectivity index (χ3n) is 9.61. The molecule has 3 aromatic carbocycles. The first-order valence-corrected chi connectivity index (χ1v) is 18.4. The molecule has 0 radical (unpaired) electrons. The number of nitrogens with zero attached hydrogens (tertiary/aromatic N) is 3. The Bertz CT molecular complexity index is 2200. The Labute approximate surface area is 294 Å². The van der Waals surface area contributed by atoms with Crippen LogP contribution in [-0.2, 0) is 24.3 Å². The molecule has 1 amide bonds. The Balaban J connectivity index is 1.07. The summed E-state index contributed by atoms with van der Waals surface area (Å²) in [5, 5.41) is 10.6. The summed E-state index contributed by atoms with van der Waals surface area (Å²) < 4.78 is 53.1. The van der Waals surface area contributed by atoms with Crippen LogP contribution in [0.5, 0.6) is 5.75 Å². The van der Waals surface area contributed by atoms with Gasteiger partial charge in [-0.15, -0.1) is 0 Å². The fraction of sp³-hybridized carbons (Fsp3) is 0.351. The second-order valence-electron chi connectivity index (χ2n) is 12.6. The summed E-state index contributed by atoms with van der Waals surface area (Å²) in [6.45, 7) is 0.253. The number of ether oxygens (including phenoxy) is 3. The van der Waals surface area contributed by atoms with Crippen LogP contribution in [0.3, 0.4) is 0 Å². The van der Waals surface area contributed by atoms with E-state index < -0.39 is 16.3 Å². The van der Waals surface area contributed by atoms with Gasteiger partial charge in [0.15, 0.2) is 5.76 Å². The van der Waals surface area contributed by atoms with Crippen LogP contribution in [0.25, 0.3) is 22.0 Å². The number of H-pyrrole nitrogens is 1. The molecule has 0 spiro atoms. The summed E-state index contributed by atoms with van der Waals surface area (Å²) in [5.41, 5.74) is 3.06. The lowest BCUT2D eigenvalue weighted by Crippen LogP contribution is -2.43. The summed E-state index contributed by atoms with van der Waals surface area (Å²) in [5.74, 6) is 0.0929. The van der Waals surface area contributed by atoms with Crippen molar-refractivity contribution in [1.82, 2.24) is 18.8 Å². The summed E-state index contributed by atoms with van der Waals surface area (Å²) in [6.07, 6.45) is 4.18. The lowest BCUT2D eigenvalue weighted by molar-refractivity contribution is -0.153. The average Bonchev–Trinajstić information content (AvgIpc) is 3.74. The van der Waals surface area contributed by atoms with Crippen LogP contribution < -0.4 is 10.4 Å². The quantitative estimate of drug-likeness (QED) is 0.192. The maximum atomic E-state index is 14.0. The number of piperidine rings is 1. The molecule has 4 heterocycles. The SMILES string of the molecule is COc1ccc(S(=O)(=O)N(CCO)CCO[C@@H]2C[C@H](c3coc4ccccc34)C=C(C(=O)N3CCC(n4c(=O)[nH]c5ccccc54)CC3)O2)cc1. The van der Waals surface area contributed by atoms with Crippen LogP contribution >= 0.6 is 0 Å². The van der Waals surface area contributed by atoms with E-state index in [0.717, 1.165) is 31.9 Å². The Hall–Kier alpha value is -4.89. The van der Waals surface area contributed by atoms with Gasteiger partial charge in [0.2, 0.25) is 16.3 Å². The first kappa shape index (κ1) is 34.6. The Morgan fingerprint density at radius 2 is 1.76 bits per heavy atom. The number of furan rings is 1. The fourth-order valence-electron chi connectivity index (χ4n) is 6.98. The number of imidazole rings is 1. The number of carbonyl (C=O) groups excluding carboxylic acids is 1. The first-order chi connectivity index (χ1) is 24.8. The van der Waals surface area contributed by atoms with Crippen molar-refractivity contribution in [2.45, 2.75) is 42.4 Å². The van der Waals surface area contributed by atoms with Crippen molar-refractivity contribution in [2.24, 2.45) is 0 Å². The van der Waals surface area contributed by atoms with Crippen LogP contribution in [-0.4, -0.2) is 91.0 Å². The van der Waals surface area contributed by atoms with Gasteiger partial charge in [-0.2, -0.15) is 4.31 Å². The number of sulfonamides is 1. The molecule has 13 nitrogen and oxygen atoms in total. The predicted octanol–water partition coefficient (Wildman–Crippen LogP) is 4.36. The molecule has 51 heavy (non-hydrogen) atoms. The number of allylic oxidation sites excluding steroid dienone is 1. The third kappa shape index (κ3) is 7.04. The highest BCUT2D eigenvalue weighted by molar-refractivity contribution is 7.89. The number of carbonyl (C=O) groups is 1. The van der Waals surface area contributed by atoms with Gasteiger partial charge >= 0.3 is 5.69 Å². The van der Waals surface area contributed by atoms with Crippen LogP contribution in [0.4, 0.5) is 0 Å². The molecule has 1 fully saturated rings. The largest absolute Gasteiger partial charge is 0.497 e. The molecule has 5 aromatic rings. The van der Waals surface area contributed by atoms with Gasteiger partial charge < -0.3 is 33.6 Å². The molecule has 7 rings (SSSR count). The number of amides is 1. The number of hydrogen-bond donors (Lipinski definition) is 2. The standard InChI is InChI=1S/C37H40N4O9S/c1-47-27-10-12-28(13-11-27)51(45,46)40(18-20-42)19-21-48-35-23-25(30-24-49-33-9-5-2-6-29(30)33)22-34(50-35)36(43)39-16-14-26(15-17-39)41-32-8-4-3-7-31(32)38-37(41)44/h2-13,22,24-26,35,42H,14-21,23H2,1H3,(H,38,44)/t25-,35+/m1/s1. The number of hydrogen-bond acceptors (Lipinski definition) is 9. The average molecular weight is 717 g/mol. The number of likely N-dealkylation sites (tertiary alicyclic amines) is 1. The van der Waals surface area contributed by atoms with Crippen LogP contribution in [0.1, 0.15) is 36.8 Å². The van der Waals surface area contributed by atoms with Crippen molar-refractivity contribution in [3.05, 3.63) is 107 Å². The number of aromatic amines is 1. The van der Waals surface area contributed by atoms with Gasteiger partial charge in [0, 0.05) is 55.5 Å². The molecule has 0 bridgehead atoms. The van der Waals surface area contributed by atoms with Crippen molar-refractivity contribution in [3.63, 3.8) is 0 Å². The lowest BCUT2D eigenvalue weighted by atomic mass is 9.92. The summed E-state index contributed by atoms with van der Waals surface area (Å²) >= 11 is 0. The van der Waals surface area contributed by atoms with Gasteiger partial charge in [-0.1, -0.05) is 30.3 Å². The van der Waals surface area contributed by atoms with Crippen molar-refractivity contribution in [2.75, 3.05) is 46.5 Å². The molecule has 268 valence electrons. The normalized spacial score (nSPS) is 18.6. The number of para-hydroxylation sites is 3. The second kappa shape index (κ2) is 14.8. The summed E-state index contributed by atoms with van der Waals surface area (Å²) in [7, 11) is -2.45. The van der Waals surface area contributed by atoms with Crippen LogP contribution in [0.2, 0.25) is 0 Å². The number of aliphatic hydroxyl groups is 1. The molecular weight excluding hydrogens is 676 g/mol. The zero-order valence-electron chi connectivity index (χ0n) is 28.1. The van der Waals surface area contributed by atoms with E-state index in [-0.39, 0.29) is 60.5 Å². The summed E-state index contributed by atoms with van der Waals surface area (Å²) in [6, 6.07) is 21.2.